The number of carbonyl (C=O) groups is 1. The van der Waals surface area contributed by atoms with Crippen molar-refractivity contribution in [1.29, 1.82) is 0 Å². The first-order valence-corrected chi connectivity index (χ1v) is 10.3. The average molecular weight is 360 g/mol. The zero-order chi connectivity index (χ0) is 18.6. The second-order valence-electron chi connectivity index (χ2n) is 7.25. The van der Waals surface area contributed by atoms with Crippen LogP contribution in [0.2, 0.25) is 0 Å². The maximum atomic E-state index is 12.3. The smallest absolute Gasteiger partial charge is 0.330 e. The zero-order valence-electron chi connectivity index (χ0n) is 15.8. The Morgan fingerprint density at radius 3 is 2.38 bits per heavy atom. The maximum absolute atomic E-state index is 12.3. The molecule has 0 saturated heterocycles. The van der Waals surface area contributed by atoms with E-state index in [-0.39, 0.29) is 11.6 Å². The highest BCUT2D eigenvalue weighted by molar-refractivity contribution is 7.51. The summed E-state index contributed by atoms with van der Waals surface area (Å²) in [6, 6.07) is 0. The predicted molar refractivity (Wildman–Crippen MR) is 99.7 cm³/mol. The number of ether oxygens (including phenoxy) is 1. The van der Waals surface area contributed by atoms with Crippen molar-refractivity contribution in [2.24, 2.45) is 0 Å². The van der Waals surface area contributed by atoms with E-state index in [0.717, 1.165) is 18.9 Å². The first-order valence-electron chi connectivity index (χ1n) is 8.82. The minimum Gasteiger partial charge on any atom is -0.628 e. The molecule has 2 atom stereocenters. The molecule has 0 rings (SSSR count). The molecule has 1 N–H and O–H groups in total. The van der Waals surface area contributed by atoms with Gasteiger partial charge in [-0.25, -0.2) is 4.79 Å². The molecule has 6 heteroatoms. The second-order valence-corrected chi connectivity index (χ2v) is 8.88. The maximum Gasteiger partial charge on any atom is 0.330 e. The minimum absolute atomic E-state index is 0.0138. The molecule has 0 amide bonds. The van der Waals surface area contributed by atoms with Gasteiger partial charge in [0.25, 0.3) is 5.48 Å². The molecule has 5 nitrogen and oxygen atoms in total. The van der Waals surface area contributed by atoms with Crippen molar-refractivity contribution in [3.05, 3.63) is 12.7 Å². The summed E-state index contributed by atoms with van der Waals surface area (Å²) in [5.74, 6) is -0.500. The van der Waals surface area contributed by atoms with Crippen LogP contribution in [-0.2, 0) is 9.53 Å². The molecule has 0 aliphatic carbocycles. The van der Waals surface area contributed by atoms with Gasteiger partial charge in [-0.3, -0.25) is 0 Å². The molecule has 0 bridgehead atoms. The Morgan fingerprint density at radius 1 is 1.25 bits per heavy atom. The Morgan fingerprint density at radius 2 is 1.83 bits per heavy atom. The van der Waals surface area contributed by atoms with E-state index >= 15 is 0 Å². The van der Waals surface area contributed by atoms with Gasteiger partial charge in [0, 0.05) is 6.08 Å². The van der Waals surface area contributed by atoms with Gasteiger partial charge in [-0.05, 0) is 12.8 Å². The van der Waals surface area contributed by atoms with Crippen molar-refractivity contribution >= 4 is 19.2 Å². The highest BCUT2D eigenvalue weighted by Crippen LogP contribution is 2.21. The largest absolute Gasteiger partial charge is 0.628 e. The summed E-state index contributed by atoms with van der Waals surface area (Å²) in [4.78, 5) is 23.8. The van der Waals surface area contributed by atoms with Crippen LogP contribution in [0, 0.1) is 0 Å². The lowest BCUT2D eigenvalue weighted by atomic mass is 10.1. The van der Waals surface area contributed by atoms with Crippen LogP contribution in [0.4, 0.5) is 0 Å². The van der Waals surface area contributed by atoms with Crippen LogP contribution in [0.3, 0.4) is 0 Å². The fourth-order valence-electron chi connectivity index (χ4n) is 2.35. The molecule has 0 saturated carbocycles. The number of hydrogen-bond acceptors (Lipinski definition) is 3. The summed E-state index contributed by atoms with van der Waals surface area (Å²) in [6.07, 6.45) is 8.39. The number of likely N-dealkylation sites (N-methyl/N-ethyl adjacent to an activating group) is 1. The van der Waals surface area contributed by atoms with Gasteiger partial charge in [-0.15, -0.1) is 0 Å². The van der Waals surface area contributed by atoms with Gasteiger partial charge >= 0.3 is 5.97 Å². The van der Waals surface area contributed by atoms with Gasteiger partial charge in [0.2, 0.25) is 0 Å². The van der Waals surface area contributed by atoms with Crippen molar-refractivity contribution < 1.29 is 24.0 Å². The van der Waals surface area contributed by atoms with Crippen LogP contribution >= 0.6 is 7.77 Å². The highest BCUT2D eigenvalue weighted by atomic mass is 31.1. The number of nitrogens with zero attached hydrogens (tertiary/aromatic N) is 1. The van der Waals surface area contributed by atoms with Crippen LogP contribution in [-0.4, -0.2) is 61.0 Å². The molecule has 0 aromatic rings. The third-order valence-corrected chi connectivity index (χ3v) is 5.06. The lowest BCUT2D eigenvalue weighted by molar-refractivity contribution is -0.861. The van der Waals surface area contributed by atoms with Gasteiger partial charge in [0.05, 0.1) is 28.9 Å². The molecule has 2 unspecified atom stereocenters. The van der Waals surface area contributed by atoms with Crippen molar-refractivity contribution in [2.45, 2.75) is 58.0 Å². The molecular weight excluding hydrogens is 325 g/mol. The summed E-state index contributed by atoms with van der Waals surface area (Å²) in [5, 5.41) is 10.0. The van der Waals surface area contributed by atoms with Gasteiger partial charge in [0.1, 0.15) is 12.3 Å². The minimum atomic E-state index is -1.92. The van der Waals surface area contributed by atoms with E-state index in [9.17, 15) is 14.8 Å². The molecular formula is C18H35NO4P+. The third kappa shape index (κ3) is 12.7. The Kier molecular flexibility index (Phi) is 12.2. The van der Waals surface area contributed by atoms with Gasteiger partial charge in [0.15, 0.2) is 6.54 Å². The number of carbonyl (C=O) groups excluding carboxylic acids is 1. The molecule has 0 aliphatic rings. The SMILES string of the molecule is C=CC(=O)OC(CCCCCCCC)C/[P+]([O-])=C(\O)C[N+](C)(C)C. The summed E-state index contributed by atoms with van der Waals surface area (Å²) < 4.78 is 5.81. The quantitative estimate of drug-likeness (QED) is 0.180. The molecule has 0 spiro atoms. The number of aliphatic hydroxyl groups excluding tert-OH is 1. The Bertz CT molecular complexity index is 416. The topological polar surface area (TPSA) is 69.6 Å². The van der Waals surface area contributed by atoms with E-state index in [2.05, 4.69) is 13.5 Å². The van der Waals surface area contributed by atoms with E-state index in [0.29, 0.717) is 17.4 Å². The van der Waals surface area contributed by atoms with Crippen molar-refractivity contribution in [1.82, 2.24) is 0 Å². The molecule has 140 valence electrons. The number of hydrogen-bond donors (Lipinski definition) is 1. The van der Waals surface area contributed by atoms with E-state index in [4.69, 9.17) is 4.74 Å². The number of aliphatic hydroxyl groups is 1. The van der Waals surface area contributed by atoms with Crippen LogP contribution in [0.1, 0.15) is 51.9 Å². The molecule has 0 aromatic carbocycles. The van der Waals surface area contributed by atoms with Gasteiger partial charge in [-0.1, -0.05) is 45.6 Å². The normalized spacial score (nSPS) is 14.1. The van der Waals surface area contributed by atoms with E-state index < -0.39 is 19.8 Å². The average Bonchev–Trinajstić information content (AvgIpc) is 2.48. The Hall–Kier alpha value is -0.740. The van der Waals surface area contributed by atoms with Crippen LogP contribution in [0.5, 0.6) is 0 Å². The summed E-state index contributed by atoms with van der Waals surface area (Å²) in [6.45, 7) is 5.91. The lowest BCUT2D eigenvalue weighted by Gasteiger charge is -2.22. The fraction of sp³-hybridized carbons (Fsp3) is 0.778. The number of unbranched alkanes of at least 4 members (excludes halogenated alkanes) is 5. The third-order valence-electron chi connectivity index (χ3n) is 3.60. The van der Waals surface area contributed by atoms with Crippen LogP contribution in [0.25, 0.3) is 0 Å². The summed E-state index contributed by atoms with van der Waals surface area (Å²) in [7, 11) is 3.85. The Labute approximate surface area is 148 Å². The zero-order valence-corrected chi connectivity index (χ0v) is 16.7. The monoisotopic (exact) mass is 360 g/mol. The van der Waals surface area contributed by atoms with Crippen LogP contribution < -0.4 is 4.89 Å². The lowest BCUT2D eigenvalue weighted by Crippen LogP contribution is -2.40. The van der Waals surface area contributed by atoms with E-state index in [1.165, 1.54) is 25.7 Å². The standard InChI is InChI=1S/C18H34NO4P/c1-6-8-9-10-11-12-13-16(23-17(20)7-2)15-24(22)18(21)14-19(3,4)5/h7,16H,2,6,8-15H2,1,3-5H3/p+1. The van der Waals surface area contributed by atoms with Crippen LogP contribution in [0.15, 0.2) is 12.7 Å². The summed E-state index contributed by atoms with van der Waals surface area (Å²) in [5.41, 5.74) is -0.0138. The molecule has 0 aromatic heterocycles. The van der Waals surface area contributed by atoms with Gasteiger partial charge < -0.3 is 19.2 Å². The fourth-order valence-corrected chi connectivity index (χ4v) is 3.77. The molecule has 0 aliphatic heterocycles. The predicted octanol–water partition coefficient (Wildman–Crippen LogP) is 2.80. The van der Waals surface area contributed by atoms with E-state index in [1.807, 2.05) is 21.1 Å². The molecule has 0 radical (unpaired) electrons. The summed E-state index contributed by atoms with van der Waals surface area (Å²) >= 11 is 0. The first-order chi connectivity index (χ1) is 11.2. The number of esters is 1. The first kappa shape index (κ1) is 23.3. The van der Waals surface area contributed by atoms with Crippen molar-refractivity contribution in [3.8, 4) is 0 Å². The number of quaternary nitrogens is 1. The Balaban J connectivity index is 4.56. The van der Waals surface area contributed by atoms with E-state index in [1.54, 1.807) is 0 Å². The van der Waals surface area contributed by atoms with Crippen molar-refractivity contribution in [2.75, 3.05) is 33.8 Å². The number of rotatable bonds is 13. The highest BCUT2D eigenvalue weighted by Gasteiger charge is 2.22. The second kappa shape index (κ2) is 12.6. The molecule has 24 heavy (non-hydrogen) atoms. The van der Waals surface area contributed by atoms with Gasteiger partial charge in [-0.2, -0.15) is 0 Å². The van der Waals surface area contributed by atoms with Crippen molar-refractivity contribution in [3.63, 3.8) is 0 Å². The molecule has 0 heterocycles. The molecule has 0 fully saturated rings.